The van der Waals surface area contributed by atoms with Crippen molar-refractivity contribution in [3.8, 4) is 0 Å². The van der Waals surface area contributed by atoms with Gasteiger partial charge < -0.3 is 15.7 Å². The molecule has 0 aliphatic rings. The molecule has 0 heterocycles. The van der Waals surface area contributed by atoms with E-state index in [-0.39, 0.29) is 18.0 Å². The van der Waals surface area contributed by atoms with E-state index in [1.807, 2.05) is 5.32 Å². The topological polar surface area (TPSA) is 78.4 Å². The summed E-state index contributed by atoms with van der Waals surface area (Å²) in [4.78, 5) is 21.6. The van der Waals surface area contributed by atoms with Crippen molar-refractivity contribution in [3.63, 3.8) is 0 Å². The van der Waals surface area contributed by atoms with Crippen LogP contribution in [0.1, 0.15) is 12.0 Å². The van der Waals surface area contributed by atoms with E-state index in [1.54, 1.807) is 0 Å². The molecule has 0 spiro atoms. The zero-order valence-corrected chi connectivity index (χ0v) is 10.7. The van der Waals surface area contributed by atoms with E-state index < -0.39 is 29.4 Å². The number of aliphatic carboxylic acids is 1. The Hall–Kier alpha value is -1.96. The number of amides is 2. The zero-order valence-electron chi connectivity index (χ0n) is 9.92. The summed E-state index contributed by atoms with van der Waals surface area (Å²) in [5, 5.41) is 12.4. The van der Waals surface area contributed by atoms with Gasteiger partial charge in [0, 0.05) is 11.6 Å². The van der Waals surface area contributed by atoms with Crippen molar-refractivity contribution in [2.75, 3.05) is 11.9 Å². The molecule has 0 saturated carbocycles. The number of nitrogens with one attached hydrogen (secondary N) is 2. The van der Waals surface area contributed by atoms with Gasteiger partial charge in [-0.3, -0.25) is 4.79 Å². The van der Waals surface area contributed by atoms with Crippen LogP contribution in [0.4, 0.5) is 23.7 Å². The maximum absolute atomic E-state index is 12.7. The number of carbonyl (C=O) groups is 2. The van der Waals surface area contributed by atoms with Crippen molar-refractivity contribution in [2.45, 2.75) is 12.6 Å². The Morgan fingerprint density at radius 3 is 2.50 bits per heavy atom. The normalized spacial score (nSPS) is 11.0. The van der Waals surface area contributed by atoms with Crippen LogP contribution < -0.4 is 10.6 Å². The van der Waals surface area contributed by atoms with Crippen LogP contribution in [0.15, 0.2) is 18.2 Å². The maximum atomic E-state index is 12.7. The Kier molecular flexibility index (Phi) is 5.20. The minimum absolute atomic E-state index is 0.117. The molecular formula is C11H10ClF3N2O3. The van der Waals surface area contributed by atoms with Gasteiger partial charge in [0.15, 0.2) is 0 Å². The Labute approximate surface area is 116 Å². The number of urea groups is 1. The van der Waals surface area contributed by atoms with E-state index in [1.165, 1.54) is 6.07 Å². The monoisotopic (exact) mass is 310 g/mol. The molecule has 0 atom stereocenters. The van der Waals surface area contributed by atoms with Crippen molar-refractivity contribution >= 4 is 29.3 Å². The van der Waals surface area contributed by atoms with Crippen molar-refractivity contribution in [1.82, 2.24) is 5.32 Å². The number of benzene rings is 1. The second kappa shape index (κ2) is 6.47. The molecule has 0 bridgehead atoms. The fourth-order valence-corrected chi connectivity index (χ4v) is 1.48. The third kappa shape index (κ3) is 4.96. The summed E-state index contributed by atoms with van der Waals surface area (Å²) in [6, 6.07) is 1.97. The smallest absolute Gasteiger partial charge is 0.418 e. The first-order chi connectivity index (χ1) is 9.20. The Balaban J connectivity index is 2.77. The molecular weight excluding hydrogens is 301 g/mol. The molecule has 0 aromatic heterocycles. The lowest BCUT2D eigenvalue weighted by Gasteiger charge is -2.14. The van der Waals surface area contributed by atoms with Gasteiger partial charge in [0.1, 0.15) is 0 Å². The van der Waals surface area contributed by atoms with E-state index in [0.717, 1.165) is 6.07 Å². The summed E-state index contributed by atoms with van der Waals surface area (Å²) in [5.74, 6) is -1.13. The number of carboxylic acid groups (broad SMARTS) is 1. The lowest BCUT2D eigenvalue weighted by atomic mass is 10.1. The molecule has 3 N–H and O–H groups in total. The molecule has 1 aromatic rings. The standard InChI is InChI=1S/C11H10ClF3N2O3/c12-6-1-2-8(7(5-6)11(13,14)15)17-10(20)16-4-3-9(18)19/h1-2,5H,3-4H2,(H,18,19)(H2,16,17,20). The molecule has 9 heteroatoms. The SMILES string of the molecule is O=C(O)CCNC(=O)Nc1ccc(Cl)cc1C(F)(F)F. The van der Waals surface area contributed by atoms with Crippen LogP contribution in [0.2, 0.25) is 5.02 Å². The molecule has 1 rings (SSSR count). The Morgan fingerprint density at radius 1 is 1.30 bits per heavy atom. The minimum Gasteiger partial charge on any atom is -0.481 e. The number of alkyl halides is 3. The van der Waals surface area contributed by atoms with Gasteiger partial charge in [0.05, 0.1) is 17.7 Å². The first kappa shape index (κ1) is 16.1. The summed E-state index contributed by atoms with van der Waals surface area (Å²) in [6.45, 7) is -0.198. The predicted octanol–water partition coefficient (Wildman–Crippen LogP) is 2.96. The van der Waals surface area contributed by atoms with Gasteiger partial charge in [-0.15, -0.1) is 0 Å². The number of hydrogen-bond donors (Lipinski definition) is 3. The largest absolute Gasteiger partial charge is 0.481 e. The number of hydrogen-bond acceptors (Lipinski definition) is 2. The van der Waals surface area contributed by atoms with Crippen LogP contribution in [-0.2, 0) is 11.0 Å². The molecule has 0 fully saturated rings. The molecule has 0 aliphatic heterocycles. The van der Waals surface area contributed by atoms with Gasteiger partial charge in [0.2, 0.25) is 0 Å². The molecule has 2 amide bonds. The van der Waals surface area contributed by atoms with Crippen LogP contribution in [0.25, 0.3) is 0 Å². The molecule has 5 nitrogen and oxygen atoms in total. The van der Waals surface area contributed by atoms with Crippen LogP contribution >= 0.6 is 11.6 Å². The number of rotatable bonds is 4. The van der Waals surface area contributed by atoms with Gasteiger partial charge in [-0.2, -0.15) is 13.2 Å². The molecule has 0 aliphatic carbocycles. The minimum atomic E-state index is -4.67. The van der Waals surface area contributed by atoms with E-state index in [4.69, 9.17) is 16.7 Å². The van der Waals surface area contributed by atoms with Gasteiger partial charge >= 0.3 is 18.2 Å². The molecule has 1 aromatic carbocycles. The second-order valence-corrected chi connectivity index (χ2v) is 4.15. The van der Waals surface area contributed by atoms with Crippen LogP contribution in [-0.4, -0.2) is 23.7 Å². The lowest BCUT2D eigenvalue weighted by Crippen LogP contribution is -2.31. The van der Waals surface area contributed by atoms with Crippen LogP contribution in [0.3, 0.4) is 0 Å². The van der Waals surface area contributed by atoms with E-state index in [0.29, 0.717) is 6.07 Å². The first-order valence-corrected chi connectivity index (χ1v) is 5.71. The van der Waals surface area contributed by atoms with E-state index in [2.05, 4.69) is 5.32 Å². The highest BCUT2D eigenvalue weighted by Gasteiger charge is 2.34. The summed E-state index contributed by atoms with van der Waals surface area (Å²) in [7, 11) is 0. The number of anilines is 1. The van der Waals surface area contributed by atoms with Crippen LogP contribution in [0, 0.1) is 0 Å². The zero-order chi connectivity index (χ0) is 15.3. The second-order valence-electron chi connectivity index (χ2n) is 3.71. The van der Waals surface area contributed by atoms with Crippen LogP contribution in [0.5, 0.6) is 0 Å². The van der Waals surface area contributed by atoms with Crippen molar-refractivity contribution in [1.29, 1.82) is 0 Å². The molecule has 0 unspecified atom stereocenters. The first-order valence-electron chi connectivity index (χ1n) is 5.33. The summed E-state index contributed by atoms with van der Waals surface area (Å²) >= 11 is 5.48. The number of halogens is 4. The lowest BCUT2D eigenvalue weighted by molar-refractivity contribution is -0.137. The third-order valence-electron chi connectivity index (χ3n) is 2.16. The Bertz CT molecular complexity index is 520. The average molecular weight is 311 g/mol. The van der Waals surface area contributed by atoms with Crippen molar-refractivity contribution in [3.05, 3.63) is 28.8 Å². The molecule has 110 valence electrons. The quantitative estimate of drug-likeness (QED) is 0.800. The average Bonchev–Trinajstić information content (AvgIpc) is 2.29. The van der Waals surface area contributed by atoms with Gasteiger partial charge in [-0.05, 0) is 18.2 Å². The molecule has 20 heavy (non-hydrogen) atoms. The molecule has 0 saturated heterocycles. The fourth-order valence-electron chi connectivity index (χ4n) is 1.31. The van der Waals surface area contributed by atoms with Gasteiger partial charge in [-0.1, -0.05) is 11.6 Å². The molecule has 0 radical (unpaired) electrons. The number of carboxylic acids is 1. The van der Waals surface area contributed by atoms with Crippen molar-refractivity contribution in [2.24, 2.45) is 0 Å². The van der Waals surface area contributed by atoms with Crippen molar-refractivity contribution < 1.29 is 27.9 Å². The summed E-state index contributed by atoms with van der Waals surface area (Å²) in [6.07, 6.45) is -5.01. The van der Waals surface area contributed by atoms with E-state index >= 15 is 0 Å². The highest BCUT2D eigenvalue weighted by atomic mass is 35.5. The third-order valence-corrected chi connectivity index (χ3v) is 2.39. The fraction of sp³-hybridized carbons (Fsp3) is 0.273. The predicted molar refractivity (Wildman–Crippen MR) is 65.7 cm³/mol. The number of carbonyl (C=O) groups excluding carboxylic acids is 1. The highest BCUT2D eigenvalue weighted by Crippen LogP contribution is 2.36. The Morgan fingerprint density at radius 2 is 1.95 bits per heavy atom. The highest BCUT2D eigenvalue weighted by molar-refractivity contribution is 6.30. The maximum Gasteiger partial charge on any atom is 0.418 e. The summed E-state index contributed by atoms with van der Waals surface area (Å²) < 4.78 is 38.2. The van der Waals surface area contributed by atoms with Gasteiger partial charge in [0.25, 0.3) is 0 Å². The summed E-state index contributed by atoms with van der Waals surface area (Å²) in [5.41, 5.74) is -1.55. The van der Waals surface area contributed by atoms with E-state index in [9.17, 15) is 22.8 Å². The van der Waals surface area contributed by atoms with Gasteiger partial charge in [-0.25, -0.2) is 4.79 Å².